The number of aromatic nitrogens is 1. The Labute approximate surface area is 111 Å². The zero-order valence-corrected chi connectivity index (χ0v) is 11.9. The molecule has 92 valence electrons. The van der Waals surface area contributed by atoms with Gasteiger partial charge in [0.25, 0.3) is 0 Å². The van der Waals surface area contributed by atoms with Crippen LogP contribution in [0.2, 0.25) is 0 Å². The number of nitrogens with zero attached hydrogens (tertiary/aromatic N) is 2. The van der Waals surface area contributed by atoms with E-state index in [0.29, 0.717) is 6.04 Å². The molecule has 2 heterocycles. The first-order valence-corrected chi connectivity index (χ1v) is 7.80. The van der Waals surface area contributed by atoms with Crippen LogP contribution in [0.5, 0.6) is 0 Å². The second-order valence-electron chi connectivity index (χ2n) is 4.27. The first-order chi connectivity index (χ1) is 8.29. The maximum atomic E-state index is 4.38. The van der Waals surface area contributed by atoms with Crippen LogP contribution in [0, 0.1) is 0 Å². The Morgan fingerprint density at radius 1 is 1.29 bits per heavy atom. The Morgan fingerprint density at radius 3 is 2.76 bits per heavy atom. The molecule has 2 aromatic rings. The molecule has 0 radical (unpaired) electrons. The van der Waals surface area contributed by atoms with Gasteiger partial charge in [-0.3, -0.25) is 4.90 Å². The van der Waals surface area contributed by atoms with Crippen LogP contribution in [0.15, 0.2) is 27.7 Å². The van der Waals surface area contributed by atoms with E-state index in [1.165, 1.54) is 17.7 Å². The van der Waals surface area contributed by atoms with E-state index in [4.69, 9.17) is 0 Å². The molecule has 0 saturated carbocycles. The molecular formula is C13H18N2S2. The van der Waals surface area contributed by atoms with Crippen LogP contribution in [0.3, 0.4) is 0 Å². The topological polar surface area (TPSA) is 16.1 Å². The summed E-state index contributed by atoms with van der Waals surface area (Å²) in [6.45, 7) is 6.51. The molecule has 0 unspecified atom stereocenters. The van der Waals surface area contributed by atoms with Crippen LogP contribution in [0.25, 0.3) is 0 Å². The number of thiophene rings is 1. The minimum absolute atomic E-state index is 0.594. The molecule has 0 aliphatic heterocycles. The normalized spacial score (nSPS) is 13.1. The molecule has 0 aliphatic carbocycles. The summed E-state index contributed by atoms with van der Waals surface area (Å²) >= 11 is 3.44. The molecule has 0 aromatic carbocycles. The average Bonchev–Trinajstić information content (AvgIpc) is 3.00. The first kappa shape index (κ1) is 12.7. The lowest BCUT2D eigenvalue weighted by Crippen LogP contribution is -2.31. The third-order valence-corrected chi connectivity index (χ3v) is 4.40. The zero-order valence-electron chi connectivity index (χ0n) is 10.3. The predicted octanol–water partition coefficient (Wildman–Crippen LogP) is 4.01. The van der Waals surface area contributed by atoms with E-state index in [-0.39, 0.29) is 0 Å². The fourth-order valence-electron chi connectivity index (χ4n) is 1.77. The van der Waals surface area contributed by atoms with Gasteiger partial charge in [0.05, 0.1) is 11.2 Å². The second kappa shape index (κ2) is 6.28. The van der Waals surface area contributed by atoms with Crippen molar-refractivity contribution in [3.05, 3.63) is 39.0 Å². The summed E-state index contributed by atoms with van der Waals surface area (Å²) in [5.74, 6) is 0. The van der Waals surface area contributed by atoms with Crippen LogP contribution in [0.1, 0.15) is 31.5 Å². The SMILES string of the molecule is CC[C@@H](C)N(Cc1ccsc1)Cc1cscn1. The van der Waals surface area contributed by atoms with Gasteiger partial charge in [-0.15, -0.1) is 11.3 Å². The summed E-state index contributed by atoms with van der Waals surface area (Å²) in [4.78, 5) is 6.88. The predicted molar refractivity (Wildman–Crippen MR) is 75.4 cm³/mol. The minimum atomic E-state index is 0.594. The van der Waals surface area contributed by atoms with Gasteiger partial charge in [-0.05, 0) is 35.7 Å². The monoisotopic (exact) mass is 266 g/mol. The van der Waals surface area contributed by atoms with Gasteiger partial charge in [-0.1, -0.05) is 6.92 Å². The van der Waals surface area contributed by atoms with E-state index in [1.54, 1.807) is 22.7 Å². The van der Waals surface area contributed by atoms with Crippen molar-refractivity contribution in [1.82, 2.24) is 9.88 Å². The van der Waals surface area contributed by atoms with Crippen molar-refractivity contribution in [2.45, 2.75) is 39.4 Å². The first-order valence-electron chi connectivity index (χ1n) is 5.91. The third-order valence-electron chi connectivity index (χ3n) is 3.03. The van der Waals surface area contributed by atoms with Crippen LogP contribution in [-0.2, 0) is 13.1 Å². The molecule has 4 heteroatoms. The van der Waals surface area contributed by atoms with E-state index in [9.17, 15) is 0 Å². The van der Waals surface area contributed by atoms with E-state index >= 15 is 0 Å². The lowest BCUT2D eigenvalue weighted by Gasteiger charge is -2.27. The fraction of sp³-hybridized carbons (Fsp3) is 0.462. The highest BCUT2D eigenvalue weighted by Gasteiger charge is 2.14. The highest BCUT2D eigenvalue weighted by Crippen LogP contribution is 2.16. The Hall–Kier alpha value is -0.710. The zero-order chi connectivity index (χ0) is 12.1. The van der Waals surface area contributed by atoms with Gasteiger partial charge in [-0.25, -0.2) is 4.98 Å². The van der Waals surface area contributed by atoms with Gasteiger partial charge >= 0.3 is 0 Å². The summed E-state index contributed by atoms with van der Waals surface area (Å²) < 4.78 is 0. The van der Waals surface area contributed by atoms with Gasteiger partial charge in [0.15, 0.2) is 0 Å². The number of thiazole rings is 1. The molecule has 0 bridgehead atoms. The number of hydrogen-bond donors (Lipinski definition) is 0. The maximum absolute atomic E-state index is 4.38. The minimum Gasteiger partial charge on any atom is -0.291 e. The molecule has 0 aliphatic rings. The van der Waals surface area contributed by atoms with Gasteiger partial charge in [0.1, 0.15) is 0 Å². The largest absolute Gasteiger partial charge is 0.291 e. The van der Waals surface area contributed by atoms with E-state index in [0.717, 1.165) is 13.1 Å². The Morgan fingerprint density at radius 2 is 2.18 bits per heavy atom. The molecule has 2 rings (SSSR count). The van der Waals surface area contributed by atoms with Crippen molar-refractivity contribution in [1.29, 1.82) is 0 Å². The Balaban J connectivity index is 2.03. The van der Waals surface area contributed by atoms with Gasteiger partial charge < -0.3 is 0 Å². The van der Waals surface area contributed by atoms with Crippen molar-refractivity contribution in [3.63, 3.8) is 0 Å². The number of hydrogen-bond acceptors (Lipinski definition) is 4. The van der Waals surface area contributed by atoms with Gasteiger partial charge in [0, 0.05) is 24.5 Å². The van der Waals surface area contributed by atoms with Crippen molar-refractivity contribution in [2.24, 2.45) is 0 Å². The molecule has 17 heavy (non-hydrogen) atoms. The average molecular weight is 266 g/mol. The van der Waals surface area contributed by atoms with E-state index in [2.05, 4.69) is 45.9 Å². The summed E-state index contributed by atoms with van der Waals surface area (Å²) in [5, 5.41) is 6.52. The quantitative estimate of drug-likeness (QED) is 0.785. The molecule has 0 N–H and O–H groups in total. The summed E-state index contributed by atoms with van der Waals surface area (Å²) in [7, 11) is 0. The molecule has 0 saturated heterocycles. The fourth-order valence-corrected chi connectivity index (χ4v) is 2.98. The lowest BCUT2D eigenvalue weighted by molar-refractivity contribution is 0.184. The van der Waals surface area contributed by atoms with E-state index < -0.39 is 0 Å². The van der Waals surface area contributed by atoms with Crippen LogP contribution in [-0.4, -0.2) is 15.9 Å². The van der Waals surface area contributed by atoms with Crippen molar-refractivity contribution < 1.29 is 0 Å². The highest BCUT2D eigenvalue weighted by molar-refractivity contribution is 7.08. The van der Waals surface area contributed by atoms with Crippen molar-refractivity contribution in [2.75, 3.05) is 0 Å². The van der Waals surface area contributed by atoms with Gasteiger partial charge in [-0.2, -0.15) is 11.3 Å². The summed E-state index contributed by atoms with van der Waals surface area (Å²) in [6, 6.07) is 2.80. The second-order valence-corrected chi connectivity index (χ2v) is 5.77. The van der Waals surface area contributed by atoms with Gasteiger partial charge in [0.2, 0.25) is 0 Å². The smallest absolute Gasteiger partial charge is 0.0795 e. The maximum Gasteiger partial charge on any atom is 0.0795 e. The highest BCUT2D eigenvalue weighted by atomic mass is 32.1. The van der Waals surface area contributed by atoms with E-state index in [1.807, 2.05) is 5.51 Å². The molecule has 2 nitrogen and oxygen atoms in total. The Kier molecular flexibility index (Phi) is 4.71. The Bertz CT molecular complexity index is 372. The summed E-state index contributed by atoms with van der Waals surface area (Å²) in [6.07, 6.45) is 1.17. The number of rotatable bonds is 6. The van der Waals surface area contributed by atoms with Crippen LogP contribution < -0.4 is 0 Å². The molecule has 2 aromatic heterocycles. The standard InChI is InChI=1S/C13H18N2S2/c1-3-11(2)15(6-12-4-5-16-8-12)7-13-9-17-10-14-13/h4-5,8-11H,3,6-7H2,1-2H3/t11-/m1/s1. The van der Waals surface area contributed by atoms with Crippen LogP contribution in [0.4, 0.5) is 0 Å². The van der Waals surface area contributed by atoms with Crippen molar-refractivity contribution >= 4 is 22.7 Å². The third kappa shape index (κ3) is 3.63. The molecular weight excluding hydrogens is 248 g/mol. The van der Waals surface area contributed by atoms with Crippen molar-refractivity contribution in [3.8, 4) is 0 Å². The molecule has 1 atom stereocenters. The molecule has 0 fully saturated rings. The van der Waals surface area contributed by atoms with Crippen LogP contribution >= 0.6 is 22.7 Å². The molecule has 0 amide bonds. The lowest BCUT2D eigenvalue weighted by atomic mass is 10.2. The summed E-state index contributed by atoms with van der Waals surface area (Å²) in [5.41, 5.74) is 4.50. The molecule has 0 spiro atoms.